The summed E-state index contributed by atoms with van der Waals surface area (Å²) in [5, 5.41) is 58.5. The summed E-state index contributed by atoms with van der Waals surface area (Å²) < 4.78 is 0. The predicted octanol–water partition coefficient (Wildman–Crippen LogP) is 14.1. The maximum atomic E-state index is 9.96. The Bertz CT molecular complexity index is 2070. The Morgan fingerprint density at radius 1 is 0.305 bits per heavy atom. The standard InChI is InChI=1S/C19H24O2.C15H12Cl4O2.C15H16O2/c1-11-7-15(8-12(2)17(11)20)19(5,6)16-9-13(3)18(21)14(4)10-16;1-15(2,7-3-9(16)13(20)10(17)4-7)8-5-11(18)14(21)12(19)6-8;1-15(2,11-3-7-13(16)8-4-11)12-5-9-14(17)10-6-12/h7-10,20-21H,1-6H3;3-6,20-21H,1-2H3;3-10,16-17H,1-2H3. The summed E-state index contributed by atoms with van der Waals surface area (Å²) in [6.07, 6.45) is 0. The maximum Gasteiger partial charge on any atom is 0.152 e. The molecule has 6 nitrogen and oxygen atoms in total. The molecule has 6 rings (SSSR count). The summed E-state index contributed by atoms with van der Waals surface area (Å²) in [6, 6.07) is 29.2. The number of hydrogen-bond acceptors (Lipinski definition) is 6. The molecule has 6 N–H and O–H groups in total. The minimum absolute atomic E-state index is 0.151. The quantitative estimate of drug-likeness (QED) is 0.0991. The van der Waals surface area contributed by atoms with Crippen molar-refractivity contribution in [1.82, 2.24) is 0 Å². The average Bonchev–Trinajstić information content (AvgIpc) is 3.17. The zero-order valence-corrected chi connectivity index (χ0v) is 38.0. The van der Waals surface area contributed by atoms with Crippen LogP contribution in [0.3, 0.4) is 0 Å². The number of aryl methyl sites for hydroxylation is 4. The molecule has 0 saturated heterocycles. The molecule has 0 atom stereocenters. The van der Waals surface area contributed by atoms with E-state index in [-0.39, 0.29) is 53.9 Å². The second-order valence-electron chi connectivity index (χ2n) is 16.5. The Kier molecular flexibility index (Phi) is 14.5. The maximum absolute atomic E-state index is 9.96. The van der Waals surface area contributed by atoms with Crippen molar-refractivity contribution in [3.8, 4) is 34.5 Å². The highest BCUT2D eigenvalue weighted by molar-refractivity contribution is 6.37. The molecule has 0 bridgehead atoms. The number of rotatable bonds is 6. The van der Waals surface area contributed by atoms with Gasteiger partial charge in [0.15, 0.2) is 11.5 Å². The highest BCUT2D eigenvalue weighted by Crippen LogP contribution is 2.43. The van der Waals surface area contributed by atoms with Gasteiger partial charge in [0.25, 0.3) is 0 Å². The number of phenolic OH excluding ortho intramolecular Hbond substituents is 6. The molecule has 0 aromatic heterocycles. The van der Waals surface area contributed by atoms with Crippen LogP contribution in [0.2, 0.25) is 20.1 Å². The summed E-state index contributed by atoms with van der Waals surface area (Å²) in [4.78, 5) is 0. The lowest BCUT2D eigenvalue weighted by Crippen LogP contribution is -2.19. The summed E-state index contributed by atoms with van der Waals surface area (Å²) in [6.45, 7) is 20.1. The highest BCUT2D eigenvalue weighted by atomic mass is 35.5. The van der Waals surface area contributed by atoms with Crippen molar-refractivity contribution in [2.24, 2.45) is 0 Å². The van der Waals surface area contributed by atoms with Gasteiger partial charge in [0, 0.05) is 16.2 Å². The third-order valence-electron chi connectivity index (χ3n) is 11.1. The molecule has 10 heteroatoms. The number of benzene rings is 6. The van der Waals surface area contributed by atoms with Crippen molar-refractivity contribution >= 4 is 46.4 Å². The first-order valence-corrected chi connectivity index (χ1v) is 20.4. The van der Waals surface area contributed by atoms with Crippen molar-refractivity contribution < 1.29 is 30.6 Å². The second-order valence-corrected chi connectivity index (χ2v) is 18.1. The fourth-order valence-electron chi connectivity index (χ4n) is 6.74. The molecule has 6 aromatic rings. The fraction of sp³-hybridized carbons (Fsp3) is 0.265. The molecule has 0 spiro atoms. The van der Waals surface area contributed by atoms with Gasteiger partial charge in [-0.3, -0.25) is 0 Å². The molecule has 0 amide bonds. The monoisotopic (exact) mass is 876 g/mol. The van der Waals surface area contributed by atoms with Crippen LogP contribution >= 0.6 is 46.4 Å². The van der Waals surface area contributed by atoms with Crippen molar-refractivity contribution in [2.45, 2.75) is 85.5 Å². The fourth-order valence-corrected chi connectivity index (χ4v) is 7.72. The Morgan fingerprint density at radius 2 is 0.508 bits per heavy atom. The smallest absolute Gasteiger partial charge is 0.152 e. The van der Waals surface area contributed by atoms with Gasteiger partial charge in [-0.25, -0.2) is 0 Å². The lowest BCUT2D eigenvalue weighted by Gasteiger charge is -2.28. The van der Waals surface area contributed by atoms with E-state index in [0.717, 1.165) is 44.5 Å². The Morgan fingerprint density at radius 3 is 0.746 bits per heavy atom. The van der Waals surface area contributed by atoms with Gasteiger partial charge in [0.1, 0.15) is 23.0 Å². The molecule has 59 heavy (non-hydrogen) atoms. The summed E-state index contributed by atoms with van der Waals surface area (Å²) >= 11 is 23.9. The topological polar surface area (TPSA) is 121 Å². The zero-order chi connectivity index (χ0) is 44.4. The minimum Gasteiger partial charge on any atom is -0.508 e. The van der Waals surface area contributed by atoms with Crippen LogP contribution in [0, 0.1) is 27.7 Å². The predicted molar refractivity (Wildman–Crippen MR) is 244 cm³/mol. The van der Waals surface area contributed by atoms with E-state index in [1.807, 2.05) is 90.1 Å². The van der Waals surface area contributed by atoms with Crippen molar-refractivity contribution in [1.29, 1.82) is 0 Å². The Labute approximate surface area is 367 Å². The van der Waals surface area contributed by atoms with Gasteiger partial charge < -0.3 is 30.6 Å². The van der Waals surface area contributed by atoms with Gasteiger partial charge in [0.05, 0.1) is 20.1 Å². The van der Waals surface area contributed by atoms with Crippen molar-refractivity contribution in [3.05, 3.63) is 173 Å². The lowest BCUT2D eigenvalue weighted by atomic mass is 9.76. The van der Waals surface area contributed by atoms with E-state index in [1.165, 1.54) is 11.1 Å². The third-order valence-corrected chi connectivity index (χ3v) is 12.2. The molecule has 0 saturated carbocycles. The molecule has 0 aliphatic rings. The summed E-state index contributed by atoms with van der Waals surface area (Å²) in [7, 11) is 0. The molecule has 0 heterocycles. The number of halogens is 4. The van der Waals surface area contributed by atoms with Crippen LogP contribution in [0.15, 0.2) is 97.1 Å². The molecule has 0 aliphatic carbocycles. The van der Waals surface area contributed by atoms with Crippen LogP contribution in [0.25, 0.3) is 0 Å². The number of hydrogen-bond donors (Lipinski definition) is 6. The van der Waals surface area contributed by atoms with Gasteiger partial charge in [-0.05, 0) is 132 Å². The first-order valence-electron chi connectivity index (χ1n) is 18.9. The van der Waals surface area contributed by atoms with Crippen LogP contribution in [0.5, 0.6) is 34.5 Å². The molecular formula is C49H52Cl4O6. The van der Waals surface area contributed by atoms with Gasteiger partial charge in [-0.1, -0.05) is 136 Å². The largest absolute Gasteiger partial charge is 0.508 e. The van der Waals surface area contributed by atoms with E-state index in [1.54, 1.807) is 48.5 Å². The van der Waals surface area contributed by atoms with E-state index in [4.69, 9.17) is 46.4 Å². The van der Waals surface area contributed by atoms with Crippen LogP contribution in [-0.2, 0) is 16.2 Å². The minimum atomic E-state index is -0.526. The molecule has 6 aromatic carbocycles. The van der Waals surface area contributed by atoms with E-state index in [2.05, 4.69) is 27.7 Å². The third kappa shape index (κ3) is 10.5. The average molecular weight is 879 g/mol. The van der Waals surface area contributed by atoms with Crippen LogP contribution in [0.4, 0.5) is 0 Å². The molecule has 0 fully saturated rings. The number of phenols is 6. The van der Waals surface area contributed by atoms with Crippen LogP contribution in [-0.4, -0.2) is 30.6 Å². The van der Waals surface area contributed by atoms with Gasteiger partial charge in [-0.15, -0.1) is 0 Å². The Balaban J connectivity index is 0.000000197. The van der Waals surface area contributed by atoms with Crippen molar-refractivity contribution in [3.63, 3.8) is 0 Å². The van der Waals surface area contributed by atoms with E-state index in [0.29, 0.717) is 11.5 Å². The SMILES string of the molecule is CC(C)(c1cc(Cl)c(O)c(Cl)c1)c1cc(Cl)c(O)c(Cl)c1.CC(C)(c1ccc(O)cc1)c1ccc(O)cc1.Cc1cc(C(C)(C)c2cc(C)c(O)c(C)c2)cc(C)c1O. The molecule has 0 unspecified atom stereocenters. The van der Waals surface area contributed by atoms with Crippen molar-refractivity contribution in [2.75, 3.05) is 0 Å². The van der Waals surface area contributed by atoms with Gasteiger partial charge >= 0.3 is 0 Å². The van der Waals surface area contributed by atoms with Gasteiger partial charge in [-0.2, -0.15) is 0 Å². The Hall–Kier alpha value is -4.72. The van der Waals surface area contributed by atoms with E-state index >= 15 is 0 Å². The number of aromatic hydroxyl groups is 6. The first-order chi connectivity index (χ1) is 27.3. The molecule has 312 valence electrons. The normalized spacial score (nSPS) is 11.6. The zero-order valence-electron chi connectivity index (χ0n) is 34.9. The van der Waals surface area contributed by atoms with Crippen LogP contribution < -0.4 is 0 Å². The van der Waals surface area contributed by atoms with E-state index in [9.17, 15) is 30.6 Å². The van der Waals surface area contributed by atoms with Gasteiger partial charge in [0.2, 0.25) is 0 Å². The lowest BCUT2D eigenvalue weighted by molar-refractivity contribution is 0.464. The molecule has 0 aliphatic heterocycles. The first kappa shape index (κ1) is 47.0. The highest BCUT2D eigenvalue weighted by Gasteiger charge is 2.28. The second kappa shape index (κ2) is 18.3. The molecule has 0 radical (unpaired) electrons. The van der Waals surface area contributed by atoms with Crippen LogP contribution in [0.1, 0.15) is 97.2 Å². The summed E-state index contributed by atoms with van der Waals surface area (Å²) in [5.41, 5.74) is 8.87. The van der Waals surface area contributed by atoms with E-state index < -0.39 is 5.41 Å². The summed E-state index contributed by atoms with van der Waals surface area (Å²) in [5.74, 6) is 0.977. The molecular weight excluding hydrogens is 826 g/mol.